The summed E-state index contributed by atoms with van der Waals surface area (Å²) in [7, 11) is 4.63. The Kier molecular flexibility index (Phi) is 6.43. The van der Waals surface area contributed by atoms with Crippen molar-refractivity contribution in [1.29, 1.82) is 0 Å². The van der Waals surface area contributed by atoms with E-state index in [1.165, 1.54) is 50.2 Å². The molecule has 0 fully saturated rings. The van der Waals surface area contributed by atoms with Gasteiger partial charge in [-0.3, -0.25) is 9.59 Å². The molecule has 0 N–H and O–H groups in total. The minimum absolute atomic E-state index is 0.0681. The zero-order valence-corrected chi connectivity index (χ0v) is 21.0. The van der Waals surface area contributed by atoms with Gasteiger partial charge < -0.3 is 14.4 Å². The van der Waals surface area contributed by atoms with Gasteiger partial charge in [0.15, 0.2) is 34.7 Å². The standard InChI is InChI=1S/C29H21F2NO4S/c1-32-22-8-4-18(28(33)16-6-10-24(35-2)20(30)12-16)14-26(22)37-27-15-19(5-9-23(27)32)29(34)17-7-11-25(36-3)21(31)13-17/h4-15H,1-3H3. The molecule has 0 atom stereocenters. The van der Waals surface area contributed by atoms with E-state index in [0.29, 0.717) is 11.1 Å². The zero-order chi connectivity index (χ0) is 26.3. The summed E-state index contributed by atoms with van der Waals surface area (Å²) in [4.78, 5) is 29.7. The first-order valence-electron chi connectivity index (χ1n) is 11.3. The maximum absolute atomic E-state index is 14.2. The minimum Gasteiger partial charge on any atom is -0.494 e. The van der Waals surface area contributed by atoms with Crippen LogP contribution in [-0.4, -0.2) is 32.8 Å². The van der Waals surface area contributed by atoms with Crippen LogP contribution in [-0.2, 0) is 0 Å². The predicted octanol–water partition coefficient (Wildman–Crippen LogP) is 6.68. The van der Waals surface area contributed by atoms with E-state index >= 15 is 0 Å². The van der Waals surface area contributed by atoms with Crippen molar-refractivity contribution in [1.82, 2.24) is 0 Å². The third kappa shape index (κ3) is 4.44. The van der Waals surface area contributed by atoms with Gasteiger partial charge in [0.05, 0.1) is 25.6 Å². The number of halogens is 2. The Bertz CT molecular complexity index is 1460. The Hall–Kier alpha value is -4.17. The lowest BCUT2D eigenvalue weighted by Gasteiger charge is -2.30. The first kappa shape index (κ1) is 24.5. The van der Waals surface area contributed by atoms with Crippen LogP contribution in [0.4, 0.5) is 20.2 Å². The van der Waals surface area contributed by atoms with Crippen molar-refractivity contribution < 1.29 is 27.8 Å². The number of nitrogens with zero attached hydrogens (tertiary/aromatic N) is 1. The second-order valence-electron chi connectivity index (χ2n) is 8.38. The topological polar surface area (TPSA) is 55.8 Å². The lowest BCUT2D eigenvalue weighted by Crippen LogP contribution is -2.16. The zero-order valence-electron chi connectivity index (χ0n) is 20.2. The Morgan fingerprint density at radius 3 is 1.41 bits per heavy atom. The summed E-state index contributed by atoms with van der Waals surface area (Å²) in [6.45, 7) is 0. The number of anilines is 2. The van der Waals surface area contributed by atoms with Gasteiger partial charge in [-0.15, -0.1) is 0 Å². The van der Waals surface area contributed by atoms with Crippen LogP contribution in [0.25, 0.3) is 0 Å². The summed E-state index contributed by atoms with van der Waals surface area (Å²) in [5.74, 6) is -1.71. The van der Waals surface area contributed by atoms with Crippen LogP contribution in [0.5, 0.6) is 11.5 Å². The number of hydrogen-bond donors (Lipinski definition) is 0. The van der Waals surface area contributed by atoms with Crippen LogP contribution >= 0.6 is 11.8 Å². The molecule has 1 aliphatic heterocycles. The number of hydrogen-bond acceptors (Lipinski definition) is 6. The highest BCUT2D eigenvalue weighted by molar-refractivity contribution is 7.99. The number of methoxy groups -OCH3 is 2. The van der Waals surface area contributed by atoms with Crippen molar-refractivity contribution in [2.75, 3.05) is 26.2 Å². The summed E-state index contributed by atoms with van der Waals surface area (Å²) >= 11 is 1.42. The lowest BCUT2D eigenvalue weighted by molar-refractivity contribution is 0.103. The lowest BCUT2D eigenvalue weighted by atomic mass is 10.0. The van der Waals surface area contributed by atoms with Crippen LogP contribution in [0.2, 0.25) is 0 Å². The van der Waals surface area contributed by atoms with E-state index in [4.69, 9.17) is 9.47 Å². The molecular weight excluding hydrogens is 496 g/mol. The van der Waals surface area contributed by atoms with Crippen LogP contribution in [0.3, 0.4) is 0 Å². The quantitative estimate of drug-likeness (QED) is 0.266. The molecule has 0 unspecified atom stereocenters. The highest BCUT2D eigenvalue weighted by Gasteiger charge is 2.24. The number of carbonyl (C=O) groups is 2. The summed E-state index contributed by atoms with van der Waals surface area (Å²) in [5.41, 5.74) is 3.04. The second-order valence-corrected chi connectivity index (χ2v) is 9.47. The third-order valence-corrected chi connectivity index (χ3v) is 7.31. The average molecular weight is 518 g/mol. The largest absolute Gasteiger partial charge is 0.494 e. The van der Waals surface area contributed by atoms with E-state index in [2.05, 4.69) is 0 Å². The van der Waals surface area contributed by atoms with E-state index in [9.17, 15) is 18.4 Å². The molecule has 1 heterocycles. The van der Waals surface area contributed by atoms with Crippen LogP contribution < -0.4 is 14.4 Å². The van der Waals surface area contributed by atoms with Crippen molar-refractivity contribution in [3.63, 3.8) is 0 Å². The number of ketones is 2. The molecule has 4 aromatic rings. The van der Waals surface area contributed by atoms with Gasteiger partial charge in [-0.2, -0.15) is 0 Å². The summed E-state index contributed by atoms with van der Waals surface area (Å²) < 4.78 is 38.2. The molecule has 0 saturated carbocycles. The summed E-state index contributed by atoms with van der Waals surface area (Å²) in [6.07, 6.45) is 0. The van der Waals surface area contributed by atoms with E-state index in [1.54, 1.807) is 24.3 Å². The van der Waals surface area contributed by atoms with E-state index < -0.39 is 11.6 Å². The smallest absolute Gasteiger partial charge is 0.193 e. The fourth-order valence-electron chi connectivity index (χ4n) is 4.23. The van der Waals surface area contributed by atoms with Gasteiger partial charge >= 0.3 is 0 Å². The SMILES string of the molecule is COc1ccc(C(=O)c2ccc3c(c2)Sc2cc(C(=O)c4ccc(OC)c(F)c4)ccc2N3C)cc1F. The molecule has 0 aliphatic carbocycles. The Morgan fingerprint density at radius 1 is 0.649 bits per heavy atom. The van der Waals surface area contributed by atoms with Crippen LogP contribution in [0.1, 0.15) is 31.8 Å². The monoisotopic (exact) mass is 517 g/mol. The first-order valence-corrected chi connectivity index (χ1v) is 12.1. The normalized spacial score (nSPS) is 12.0. The molecule has 0 aromatic heterocycles. The van der Waals surface area contributed by atoms with Crippen molar-refractivity contribution in [2.24, 2.45) is 0 Å². The molecule has 0 spiro atoms. The number of carbonyl (C=O) groups excluding carboxylic acids is 2. The molecule has 37 heavy (non-hydrogen) atoms. The predicted molar refractivity (Wildman–Crippen MR) is 138 cm³/mol. The van der Waals surface area contributed by atoms with Gasteiger partial charge in [0.25, 0.3) is 0 Å². The minimum atomic E-state index is -0.608. The van der Waals surface area contributed by atoms with Gasteiger partial charge in [-0.1, -0.05) is 11.8 Å². The van der Waals surface area contributed by atoms with Crippen molar-refractivity contribution in [2.45, 2.75) is 9.79 Å². The molecule has 5 rings (SSSR count). The molecule has 4 aromatic carbocycles. The van der Waals surface area contributed by atoms with Crippen molar-refractivity contribution in [3.05, 3.63) is 107 Å². The number of fused-ring (bicyclic) bond motifs is 2. The summed E-state index contributed by atoms with van der Waals surface area (Å²) in [5, 5.41) is 0. The highest BCUT2D eigenvalue weighted by Crippen LogP contribution is 2.48. The molecule has 1 aliphatic rings. The number of benzene rings is 4. The third-order valence-electron chi connectivity index (χ3n) is 6.21. The Balaban J connectivity index is 1.45. The maximum atomic E-state index is 14.2. The maximum Gasteiger partial charge on any atom is 0.193 e. The molecule has 8 heteroatoms. The number of rotatable bonds is 6. The molecule has 186 valence electrons. The van der Waals surface area contributed by atoms with Gasteiger partial charge in [-0.25, -0.2) is 8.78 Å². The molecule has 0 saturated heterocycles. The Morgan fingerprint density at radius 2 is 1.03 bits per heavy atom. The molecule has 0 amide bonds. The highest BCUT2D eigenvalue weighted by atomic mass is 32.2. The molecular formula is C29H21F2NO4S. The fourth-order valence-corrected chi connectivity index (χ4v) is 5.45. The fraction of sp³-hybridized carbons (Fsp3) is 0.103. The van der Waals surface area contributed by atoms with Crippen molar-refractivity contribution in [3.8, 4) is 11.5 Å². The first-order chi connectivity index (χ1) is 17.8. The van der Waals surface area contributed by atoms with E-state index in [1.807, 2.05) is 24.1 Å². The van der Waals surface area contributed by atoms with Crippen molar-refractivity contribution >= 4 is 34.7 Å². The molecule has 0 radical (unpaired) electrons. The van der Waals surface area contributed by atoms with Gasteiger partial charge in [0, 0.05) is 39.1 Å². The molecule has 5 nitrogen and oxygen atoms in total. The Labute approximate surface area is 216 Å². The van der Waals surface area contributed by atoms with Gasteiger partial charge in [0.2, 0.25) is 0 Å². The van der Waals surface area contributed by atoms with E-state index in [-0.39, 0.29) is 34.2 Å². The molecule has 0 bridgehead atoms. The van der Waals surface area contributed by atoms with Gasteiger partial charge in [0.1, 0.15) is 0 Å². The average Bonchev–Trinajstić information content (AvgIpc) is 2.91. The second kappa shape index (κ2) is 9.71. The van der Waals surface area contributed by atoms with Crippen LogP contribution in [0.15, 0.2) is 82.6 Å². The van der Waals surface area contributed by atoms with Gasteiger partial charge in [-0.05, 0) is 72.8 Å². The van der Waals surface area contributed by atoms with Crippen LogP contribution in [0, 0.1) is 11.6 Å². The number of ether oxygens (including phenoxy) is 2. The summed E-state index contributed by atoms with van der Waals surface area (Å²) in [6, 6.07) is 18.9. The van der Waals surface area contributed by atoms with E-state index in [0.717, 1.165) is 33.3 Å².